The van der Waals surface area contributed by atoms with Gasteiger partial charge in [0.25, 0.3) is 0 Å². The molecule has 1 atom stereocenters. The second-order valence-electron chi connectivity index (χ2n) is 5.73. The summed E-state index contributed by atoms with van der Waals surface area (Å²) in [5, 5.41) is 9.32. The third-order valence-electron chi connectivity index (χ3n) is 4.19. The first-order chi connectivity index (χ1) is 9.90. The van der Waals surface area contributed by atoms with Gasteiger partial charge in [0, 0.05) is 37.6 Å². The van der Waals surface area contributed by atoms with Gasteiger partial charge in [-0.25, -0.2) is 8.42 Å². The van der Waals surface area contributed by atoms with Crippen LogP contribution in [-0.2, 0) is 23.2 Å². The minimum atomic E-state index is -3.48. The number of likely N-dealkylation sites (N-methyl/N-ethyl adjacent to an activating group) is 1. The molecule has 1 aliphatic rings. The highest BCUT2D eigenvalue weighted by molar-refractivity contribution is 7.89. The van der Waals surface area contributed by atoms with Crippen LogP contribution in [0.15, 0.2) is 17.2 Å². The number of rotatable bonds is 5. The predicted octanol–water partition coefficient (Wildman–Crippen LogP) is 0.715. The second-order valence-corrected chi connectivity index (χ2v) is 7.67. The van der Waals surface area contributed by atoms with E-state index in [1.54, 1.807) is 21.1 Å². The van der Waals surface area contributed by atoms with Crippen LogP contribution < -0.4 is 0 Å². The molecule has 1 aromatic rings. The van der Waals surface area contributed by atoms with E-state index in [-0.39, 0.29) is 17.5 Å². The Morgan fingerprint density at radius 2 is 2.14 bits per heavy atom. The molecule has 1 saturated heterocycles. The van der Waals surface area contributed by atoms with E-state index in [0.717, 1.165) is 12.8 Å². The lowest BCUT2D eigenvalue weighted by Crippen LogP contribution is -2.47. The molecule has 6 nitrogen and oxygen atoms in total. The monoisotopic (exact) mass is 315 g/mol. The maximum Gasteiger partial charge on any atom is 0.244 e. The summed E-state index contributed by atoms with van der Waals surface area (Å²) in [5.74, 6) is 0. The van der Waals surface area contributed by atoms with E-state index in [9.17, 15) is 13.5 Å². The molecule has 2 heterocycles. The van der Waals surface area contributed by atoms with Gasteiger partial charge in [0.2, 0.25) is 10.0 Å². The van der Waals surface area contributed by atoms with Crippen LogP contribution in [0.4, 0.5) is 0 Å². The van der Waals surface area contributed by atoms with Crippen LogP contribution in [0.5, 0.6) is 0 Å². The fraction of sp³-hybridized carbons (Fsp3) is 0.714. The van der Waals surface area contributed by atoms with Crippen molar-refractivity contribution < 1.29 is 13.5 Å². The van der Waals surface area contributed by atoms with Crippen LogP contribution in [-0.4, -0.2) is 60.5 Å². The van der Waals surface area contributed by atoms with Gasteiger partial charge in [0.1, 0.15) is 4.90 Å². The Morgan fingerprint density at radius 3 is 2.67 bits per heavy atom. The lowest BCUT2D eigenvalue weighted by molar-refractivity contribution is 0.190. The third kappa shape index (κ3) is 3.31. The standard InChI is InChI=1S/C14H25N3O3S/c1-4-16-10-14(8-13(16)11-18)21(19,20)17-7-5-6-12(9-17)15(2)3/h8,10,12,18H,4-7,9,11H2,1-3H3. The van der Waals surface area contributed by atoms with Gasteiger partial charge in [-0.1, -0.05) is 0 Å². The first-order valence-corrected chi connectivity index (χ1v) is 8.80. The number of sulfonamides is 1. The first-order valence-electron chi connectivity index (χ1n) is 7.36. The summed E-state index contributed by atoms with van der Waals surface area (Å²) in [6, 6.07) is 1.84. The molecule has 1 aromatic heterocycles. The topological polar surface area (TPSA) is 65.8 Å². The molecular formula is C14H25N3O3S. The number of nitrogens with zero attached hydrogens (tertiary/aromatic N) is 3. The van der Waals surface area contributed by atoms with Crippen molar-refractivity contribution >= 4 is 10.0 Å². The number of aryl methyl sites for hydroxylation is 1. The molecule has 1 N–H and O–H groups in total. The highest BCUT2D eigenvalue weighted by atomic mass is 32.2. The van der Waals surface area contributed by atoms with Gasteiger partial charge in [-0.05, 0) is 39.9 Å². The molecule has 2 rings (SSSR count). The summed E-state index contributed by atoms with van der Waals surface area (Å²) in [5.41, 5.74) is 0.636. The van der Waals surface area contributed by atoms with Crippen molar-refractivity contribution in [2.75, 3.05) is 27.2 Å². The van der Waals surface area contributed by atoms with Crippen molar-refractivity contribution in [3.8, 4) is 0 Å². The normalized spacial score (nSPS) is 21.1. The van der Waals surface area contributed by atoms with Gasteiger partial charge >= 0.3 is 0 Å². The number of hydrogen-bond acceptors (Lipinski definition) is 4. The summed E-state index contributed by atoms with van der Waals surface area (Å²) in [6.45, 7) is 3.52. The zero-order valence-corrected chi connectivity index (χ0v) is 13.8. The number of aliphatic hydroxyl groups excluding tert-OH is 1. The highest BCUT2D eigenvalue weighted by Gasteiger charge is 2.32. The van der Waals surface area contributed by atoms with E-state index in [2.05, 4.69) is 4.90 Å². The zero-order valence-electron chi connectivity index (χ0n) is 13.0. The minimum Gasteiger partial charge on any atom is -0.390 e. The number of hydrogen-bond donors (Lipinski definition) is 1. The number of aromatic nitrogens is 1. The maximum absolute atomic E-state index is 12.8. The molecule has 0 saturated carbocycles. The quantitative estimate of drug-likeness (QED) is 0.869. The molecule has 1 aliphatic heterocycles. The molecule has 0 radical (unpaired) electrons. The molecule has 21 heavy (non-hydrogen) atoms. The highest BCUT2D eigenvalue weighted by Crippen LogP contribution is 2.24. The van der Waals surface area contributed by atoms with Crippen LogP contribution in [0.25, 0.3) is 0 Å². The van der Waals surface area contributed by atoms with E-state index in [4.69, 9.17) is 0 Å². The van der Waals surface area contributed by atoms with Crippen LogP contribution >= 0.6 is 0 Å². The Balaban J connectivity index is 2.27. The molecule has 0 spiro atoms. The Hall–Kier alpha value is -0.890. The summed E-state index contributed by atoms with van der Waals surface area (Å²) in [7, 11) is 0.493. The molecule has 0 aliphatic carbocycles. The van der Waals surface area contributed by atoms with Crippen LogP contribution in [0.2, 0.25) is 0 Å². The van der Waals surface area contributed by atoms with Crippen molar-refractivity contribution in [1.29, 1.82) is 0 Å². The predicted molar refractivity (Wildman–Crippen MR) is 81.5 cm³/mol. The molecular weight excluding hydrogens is 290 g/mol. The zero-order chi connectivity index (χ0) is 15.6. The summed E-state index contributed by atoms with van der Waals surface area (Å²) in [6.07, 6.45) is 3.53. The number of piperidine rings is 1. The van der Waals surface area contributed by atoms with E-state index >= 15 is 0 Å². The molecule has 120 valence electrons. The van der Waals surface area contributed by atoms with Crippen LogP contribution in [0.3, 0.4) is 0 Å². The van der Waals surface area contributed by atoms with Gasteiger partial charge in [0.05, 0.1) is 6.61 Å². The van der Waals surface area contributed by atoms with Gasteiger partial charge in [0.15, 0.2) is 0 Å². The molecule has 0 amide bonds. The number of aliphatic hydroxyl groups is 1. The average molecular weight is 315 g/mol. The van der Waals surface area contributed by atoms with Crippen LogP contribution in [0.1, 0.15) is 25.5 Å². The SMILES string of the molecule is CCn1cc(S(=O)(=O)N2CCCC(N(C)C)C2)cc1CO. The van der Waals surface area contributed by atoms with E-state index in [1.165, 1.54) is 0 Å². The summed E-state index contributed by atoms with van der Waals surface area (Å²) in [4.78, 5) is 2.37. The van der Waals surface area contributed by atoms with Gasteiger partial charge in [-0.2, -0.15) is 4.31 Å². The summed E-state index contributed by atoms with van der Waals surface area (Å²) < 4.78 is 28.9. The second kappa shape index (κ2) is 6.48. The van der Waals surface area contributed by atoms with Crippen molar-refractivity contribution in [3.05, 3.63) is 18.0 Å². The Morgan fingerprint density at radius 1 is 1.43 bits per heavy atom. The van der Waals surface area contributed by atoms with Crippen molar-refractivity contribution in [2.45, 2.75) is 43.9 Å². The lowest BCUT2D eigenvalue weighted by atomic mass is 10.1. The minimum absolute atomic E-state index is 0.149. The Kier molecular flexibility index (Phi) is 5.08. The lowest BCUT2D eigenvalue weighted by Gasteiger charge is -2.35. The van der Waals surface area contributed by atoms with Crippen molar-refractivity contribution in [3.63, 3.8) is 0 Å². The van der Waals surface area contributed by atoms with E-state index in [1.807, 2.05) is 21.0 Å². The fourth-order valence-electron chi connectivity index (χ4n) is 2.80. The van der Waals surface area contributed by atoms with Crippen LogP contribution in [0, 0.1) is 0 Å². The van der Waals surface area contributed by atoms with Crippen molar-refractivity contribution in [1.82, 2.24) is 13.8 Å². The van der Waals surface area contributed by atoms with Gasteiger partial charge in [-0.3, -0.25) is 0 Å². The maximum atomic E-state index is 12.8. The van der Waals surface area contributed by atoms with E-state index < -0.39 is 10.0 Å². The largest absolute Gasteiger partial charge is 0.390 e. The smallest absolute Gasteiger partial charge is 0.244 e. The van der Waals surface area contributed by atoms with Crippen molar-refractivity contribution in [2.24, 2.45) is 0 Å². The molecule has 0 bridgehead atoms. The van der Waals surface area contributed by atoms with Gasteiger partial charge in [-0.15, -0.1) is 0 Å². The third-order valence-corrected chi connectivity index (χ3v) is 6.02. The molecule has 1 fully saturated rings. The van der Waals surface area contributed by atoms with E-state index in [0.29, 0.717) is 25.3 Å². The Labute approximate surface area is 127 Å². The molecule has 7 heteroatoms. The fourth-order valence-corrected chi connectivity index (χ4v) is 4.38. The molecule has 1 unspecified atom stereocenters. The average Bonchev–Trinajstić information content (AvgIpc) is 2.91. The summed E-state index contributed by atoms with van der Waals surface area (Å²) >= 11 is 0. The molecule has 0 aromatic carbocycles. The van der Waals surface area contributed by atoms with Gasteiger partial charge < -0.3 is 14.6 Å². The first kappa shape index (κ1) is 16.5. The Bertz CT molecular complexity index is 559.